The first-order valence-electron chi connectivity index (χ1n) is 6.88. The van der Waals surface area contributed by atoms with E-state index in [0.29, 0.717) is 5.56 Å². The Labute approximate surface area is 119 Å². The fourth-order valence-electron chi connectivity index (χ4n) is 2.43. The van der Waals surface area contributed by atoms with Crippen molar-refractivity contribution in [3.05, 3.63) is 59.7 Å². The second-order valence-electron chi connectivity index (χ2n) is 5.22. The normalized spacial score (nSPS) is 13.9. The molecule has 0 spiro atoms. The van der Waals surface area contributed by atoms with Crippen molar-refractivity contribution in [3.8, 4) is 11.5 Å². The van der Waals surface area contributed by atoms with Crippen molar-refractivity contribution in [2.24, 2.45) is 0 Å². The maximum Gasteiger partial charge on any atom is 0.120 e. The van der Waals surface area contributed by atoms with Crippen LogP contribution >= 0.6 is 0 Å². The van der Waals surface area contributed by atoms with Gasteiger partial charge < -0.3 is 15.5 Å². The van der Waals surface area contributed by atoms with E-state index in [4.69, 9.17) is 0 Å². The van der Waals surface area contributed by atoms with Gasteiger partial charge >= 0.3 is 0 Å². The monoisotopic (exact) mass is 271 g/mol. The van der Waals surface area contributed by atoms with Crippen LogP contribution < -0.4 is 5.32 Å². The van der Waals surface area contributed by atoms with Crippen LogP contribution in [0.25, 0.3) is 0 Å². The summed E-state index contributed by atoms with van der Waals surface area (Å²) in [4.78, 5) is 0. The van der Waals surface area contributed by atoms with E-state index < -0.39 is 0 Å². The minimum absolute atomic E-state index is 0.0270. The lowest BCUT2D eigenvalue weighted by Crippen LogP contribution is -2.30. The average molecular weight is 271 g/mol. The topological polar surface area (TPSA) is 52.5 Å². The lowest BCUT2D eigenvalue weighted by molar-refractivity contribution is 0.425. The molecule has 0 aliphatic rings. The van der Waals surface area contributed by atoms with Crippen LogP contribution in [0.2, 0.25) is 0 Å². The Morgan fingerprint density at radius 3 is 2.40 bits per heavy atom. The zero-order valence-corrected chi connectivity index (χ0v) is 11.9. The van der Waals surface area contributed by atoms with Crippen LogP contribution in [0.1, 0.15) is 31.0 Å². The van der Waals surface area contributed by atoms with Gasteiger partial charge in [0.15, 0.2) is 0 Å². The largest absolute Gasteiger partial charge is 0.508 e. The molecule has 0 saturated heterocycles. The van der Waals surface area contributed by atoms with Crippen LogP contribution in [-0.4, -0.2) is 16.3 Å². The Kier molecular flexibility index (Phi) is 4.64. The molecule has 0 aliphatic carbocycles. The average Bonchev–Trinajstić information content (AvgIpc) is 2.42. The second-order valence-corrected chi connectivity index (χ2v) is 5.22. The molecule has 0 radical (unpaired) electrons. The highest BCUT2D eigenvalue weighted by molar-refractivity contribution is 5.40. The third-order valence-electron chi connectivity index (χ3n) is 3.40. The molecule has 0 aromatic heterocycles. The number of rotatable bonds is 5. The molecule has 2 unspecified atom stereocenters. The van der Waals surface area contributed by atoms with Gasteiger partial charge in [0.25, 0.3) is 0 Å². The zero-order chi connectivity index (χ0) is 14.5. The Morgan fingerprint density at radius 2 is 1.70 bits per heavy atom. The van der Waals surface area contributed by atoms with Crippen LogP contribution in [0.3, 0.4) is 0 Å². The number of hydrogen-bond acceptors (Lipinski definition) is 3. The van der Waals surface area contributed by atoms with E-state index in [-0.39, 0.29) is 23.6 Å². The van der Waals surface area contributed by atoms with Gasteiger partial charge in [-0.25, -0.2) is 0 Å². The molecule has 0 amide bonds. The van der Waals surface area contributed by atoms with Gasteiger partial charge in [-0.2, -0.15) is 0 Å². The molecule has 20 heavy (non-hydrogen) atoms. The van der Waals surface area contributed by atoms with Crippen LogP contribution in [-0.2, 0) is 6.42 Å². The number of nitrogens with one attached hydrogen (secondary N) is 1. The number of aromatic hydroxyl groups is 2. The van der Waals surface area contributed by atoms with Crippen molar-refractivity contribution >= 4 is 0 Å². The smallest absolute Gasteiger partial charge is 0.120 e. The third-order valence-corrected chi connectivity index (χ3v) is 3.40. The molecule has 2 aromatic rings. The van der Waals surface area contributed by atoms with E-state index in [0.717, 1.165) is 6.42 Å². The summed E-state index contributed by atoms with van der Waals surface area (Å²) >= 11 is 0. The van der Waals surface area contributed by atoms with Crippen molar-refractivity contribution in [1.82, 2.24) is 5.32 Å². The summed E-state index contributed by atoms with van der Waals surface area (Å²) < 4.78 is 0. The maximum atomic E-state index is 9.86. The maximum absolute atomic E-state index is 9.86. The summed E-state index contributed by atoms with van der Waals surface area (Å²) in [6.45, 7) is 4.10. The Balaban J connectivity index is 2.00. The first kappa shape index (κ1) is 14.4. The van der Waals surface area contributed by atoms with Gasteiger partial charge in [-0.15, -0.1) is 0 Å². The first-order valence-corrected chi connectivity index (χ1v) is 6.88. The molecule has 0 bridgehead atoms. The van der Waals surface area contributed by atoms with Crippen LogP contribution in [0, 0.1) is 0 Å². The summed E-state index contributed by atoms with van der Waals surface area (Å²) in [7, 11) is 0. The van der Waals surface area contributed by atoms with E-state index in [9.17, 15) is 10.2 Å². The van der Waals surface area contributed by atoms with Gasteiger partial charge in [0.2, 0.25) is 0 Å². The summed E-state index contributed by atoms with van der Waals surface area (Å²) in [5.74, 6) is 0.372. The summed E-state index contributed by atoms with van der Waals surface area (Å²) in [5, 5.41) is 22.8. The number of phenols is 2. The van der Waals surface area contributed by atoms with Gasteiger partial charge in [-0.1, -0.05) is 30.3 Å². The highest BCUT2D eigenvalue weighted by Crippen LogP contribution is 2.28. The van der Waals surface area contributed by atoms with E-state index >= 15 is 0 Å². The summed E-state index contributed by atoms with van der Waals surface area (Å²) in [6.07, 6.45) is 0.921. The minimum Gasteiger partial charge on any atom is -0.508 e. The molecule has 0 aliphatic heterocycles. The minimum atomic E-state index is -0.0270. The Morgan fingerprint density at radius 1 is 1.00 bits per heavy atom. The molecule has 0 heterocycles. The molecular formula is C17H21NO2. The summed E-state index contributed by atoms with van der Waals surface area (Å²) in [5.41, 5.74) is 1.99. The first-order chi connectivity index (χ1) is 9.56. The number of benzene rings is 2. The fraction of sp³-hybridized carbons (Fsp3) is 0.294. The molecule has 3 heteroatoms. The Hall–Kier alpha value is -2.00. The molecule has 2 atom stereocenters. The molecule has 3 nitrogen and oxygen atoms in total. The zero-order valence-electron chi connectivity index (χ0n) is 11.9. The summed E-state index contributed by atoms with van der Waals surface area (Å²) in [6, 6.07) is 15.1. The van der Waals surface area contributed by atoms with Gasteiger partial charge in [-0.3, -0.25) is 0 Å². The Bertz CT molecular complexity index is 554. The van der Waals surface area contributed by atoms with Gasteiger partial charge in [0.05, 0.1) is 0 Å². The van der Waals surface area contributed by atoms with E-state index in [1.807, 2.05) is 25.1 Å². The fourth-order valence-corrected chi connectivity index (χ4v) is 2.43. The van der Waals surface area contributed by atoms with Crippen molar-refractivity contribution < 1.29 is 10.2 Å². The second kappa shape index (κ2) is 6.44. The van der Waals surface area contributed by atoms with E-state index in [2.05, 4.69) is 24.4 Å². The molecule has 2 aromatic carbocycles. The van der Waals surface area contributed by atoms with Crippen LogP contribution in [0.5, 0.6) is 11.5 Å². The number of phenolic OH excluding ortho intramolecular Hbond substituents is 2. The molecular weight excluding hydrogens is 250 g/mol. The van der Waals surface area contributed by atoms with Gasteiger partial charge in [-0.05, 0) is 44.0 Å². The predicted octanol–water partition coefficient (Wildman–Crippen LogP) is 3.38. The standard InChI is InChI=1S/C17H21NO2/c1-12(10-14-6-4-3-5-7-14)18-13(2)16-11-15(19)8-9-17(16)20/h3-9,11-13,18-20H,10H2,1-2H3. The SMILES string of the molecule is CC(Cc1ccccc1)NC(C)c1cc(O)ccc1O. The van der Waals surface area contributed by atoms with Crippen LogP contribution in [0.4, 0.5) is 0 Å². The molecule has 106 valence electrons. The highest BCUT2D eigenvalue weighted by atomic mass is 16.3. The van der Waals surface area contributed by atoms with Crippen molar-refractivity contribution in [2.75, 3.05) is 0 Å². The molecule has 0 fully saturated rings. The molecule has 0 saturated carbocycles. The molecule has 2 rings (SSSR count). The number of hydrogen-bond donors (Lipinski definition) is 3. The van der Waals surface area contributed by atoms with Crippen LogP contribution in [0.15, 0.2) is 48.5 Å². The lowest BCUT2D eigenvalue weighted by Gasteiger charge is -2.21. The highest BCUT2D eigenvalue weighted by Gasteiger charge is 2.14. The molecule has 3 N–H and O–H groups in total. The van der Waals surface area contributed by atoms with E-state index in [1.165, 1.54) is 17.7 Å². The third kappa shape index (κ3) is 3.75. The van der Waals surface area contributed by atoms with Crippen molar-refractivity contribution in [3.63, 3.8) is 0 Å². The lowest BCUT2D eigenvalue weighted by atomic mass is 10.0. The quantitative estimate of drug-likeness (QED) is 0.731. The van der Waals surface area contributed by atoms with E-state index in [1.54, 1.807) is 6.07 Å². The van der Waals surface area contributed by atoms with Gasteiger partial charge in [0.1, 0.15) is 11.5 Å². The van der Waals surface area contributed by atoms with Crippen molar-refractivity contribution in [1.29, 1.82) is 0 Å². The van der Waals surface area contributed by atoms with Gasteiger partial charge in [0, 0.05) is 17.6 Å². The predicted molar refractivity (Wildman–Crippen MR) is 80.9 cm³/mol. The van der Waals surface area contributed by atoms with Crippen molar-refractivity contribution in [2.45, 2.75) is 32.4 Å².